The van der Waals surface area contributed by atoms with Gasteiger partial charge in [-0.2, -0.15) is 0 Å². The van der Waals surface area contributed by atoms with Crippen LogP contribution in [0.1, 0.15) is 12.5 Å². The van der Waals surface area contributed by atoms with Crippen molar-refractivity contribution in [3.63, 3.8) is 0 Å². The molecule has 0 aliphatic heterocycles. The summed E-state index contributed by atoms with van der Waals surface area (Å²) in [5, 5.41) is 9.43. The highest BCUT2D eigenvalue weighted by Gasteiger charge is 2.08. The number of anilines is 1. The van der Waals surface area contributed by atoms with Crippen molar-refractivity contribution in [2.75, 3.05) is 5.73 Å². The second kappa shape index (κ2) is 6.54. The van der Waals surface area contributed by atoms with E-state index in [0.29, 0.717) is 12.2 Å². The lowest BCUT2D eigenvalue weighted by Crippen LogP contribution is -1.97. The quantitative estimate of drug-likeness (QED) is 0.766. The molecule has 3 N–H and O–H groups in total. The molecule has 0 aliphatic carbocycles. The van der Waals surface area contributed by atoms with E-state index in [0.717, 1.165) is 27.8 Å². The highest BCUT2D eigenvalue weighted by Crippen LogP contribution is 2.30. The van der Waals surface area contributed by atoms with E-state index in [9.17, 15) is 9.90 Å². The summed E-state index contributed by atoms with van der Waals surface area (Å²) in [6, 6.07) is 16.7. The lowest BCUT2D eigenvalue weighted by molar-refractivity contribution is -0.116. The fraction of sp³-hybridized carbons (Fsp3) is 0.100. The molecule has 0 bridgehead atoms. The van der Waals surface area contributed by atoms with Gasteiger partial charge in [0.25, 0.3) is 0 Å². The number of nitrogens with two attached hydrogens (primary N) is 1. The number of hydrogen-bond donors (Lipinski definition) is 2. The van der Waals surface area contributed by atoms with Gasteiger partial charge in [0.2, 0.25) is 0 Å². The Morgan fingerprint density at radius 2 is 1.79 bits per heavy atom. The van der Waals surface area contributed by atoms with Crippen LogP contribution in [0.5, 0.6) is 5.75 Å². The van der Waals surface area contributed by atoms with E-state index in [1.54, 1.807) is 37.4 Å². The molecule has 1 aromatic heterocycles. The first-order valence-electron chi connectivity index (χ1n) is 7.66. The summed E-state index contributed by atoms with van der Waals surface area (Å²) in [5.41, 5.74) is 10.6. The van der Waals surface area contributed by atoms with Crippen LogP contribution in [0.3, 0.4) is 0 Å². The van der Waals surface area contributed by atoms with Gasteiger partial charge < -0.3 is 10.8 Å². The van der Waals surface area contributed by atoms with Crippen LogP contribution in [0.25, 0.3) is 22.3 Å². The maximum absolute atomic E-state index is 11.3. The second-order valence-corrected chi connectivity index (χ2v) is 5.78. The Bertz CT molecular complexity index is 886. The highest BCUT2D eigenvalue weighted by molar-refractivity contribution is 5.81. The normalized spacial score (nSPS) is 10.5. The van der Waals surface area contributed by atoms with E-state index in [2.05, 4.69) is 4.98 Å². The zero-order valence-electron chi connectivity index (χ0n) is 13.4. The highest BCUT2D eigenvalue weighted by atomic mass is 16.3. The predicted molar refractivity (Wildman–Crippen MR) is 95.6 cm³/mol. The van der Waals surface area contributed by atoms with Crippen LogP contribution < -0.4 is 5.73 Å². The number of phenols is 1. The molecule has 0 fully saturated rings. The Morgan fingerprint density at radius 1 is 1.04 bits per heavy atom. The van der Waals surface area contributed by atoms with Crippen molar-refractivity contribution in [2.45, 2.75) is 13.3 Å². The Balaban J connectivity index is 2.02. The average Bonchev–Trinajstić information content (AvgIpc) is 2.56. The molecule has 1 heterocycles. The maximum atomic E-state index is 11.3. The monoisotopic (exact) mass is 318 g/mol. The van der Waals surface area contributed by atoms with Crippen LogP contribution in [-0.4, -0.2) is 15.9 Å². The summed E-state index contributed by atoms with van der Waals surface area (Å²) >= 11 is 0. The molecule has 3 rings (SSSR count). The number of aromatic hydroxyl groups is 1. The van der Waals surface area contributed by atoms with Crippen molar-refractivity contribution in [3.05, 3.63) is 66.4 Å². The van der Waals surface area contributed by atoms with Gasteiger partial charge in [0.05, 0.1) is 0 Å². The molecule has 0 spiro atoms. The Morgan fingerprint density at radius 3 is 2.50 bits per heavy atom. The second-order valence-electron chi connectivity index (χ2n) is 5.78. The smallest absolute Gasteiger partial charge is 0.134 e. The number of Topliss-reactive ketones (excluding diaryl/α,β-unsaturated/α-hetero) is 1. The van der Waals surface area contributed by atoms with Crippen LogP contribution in [0.2, 0.25) is 0 Å². The van der Waals surface area contributed by atoms with Crippen molar-refractivity contribution in [2.24, 2.45) is 0 Å². The van der Waals surface area contributed by atoms with Crippen LogP contribution in [0.4, 0.5) is 5.82 Å². The SMILES string of the molecule is CC(=O)Cc1cccc(-c2cnc(N)c(-c3ccc(O)cc3)c2)c1. The van der Waals surface area contributed by atoms with E-state index in [4.69, 9.17) is 5.73 Å². The zero-order chi connectivity index (χ0) is 17.1. The van der Waals surface area contributed by atoms with E-state index in [-0.39, 0.29) is 11.5 Å². The molecule has 120 valence electrons. The number of pyridine rings is 1. The van der Waals surface area contributed by atoms with Gasteiger partial charge in [-0.1, -0.05) is 36.4 Å². The molecule has 0 unspecified atom stereocenters. The molecular formula is C20H18N2O2. The summed E-state index contributed by atoms with van der Waals surface area (Å²) < 4.78 is 0. The summed E-state index contributed by atoms with van der Waals surface area (Å²) in [6.45, 7) is 1.58. The molecular weight excluding hydrogens is 300 g/mol. The third kappa shape index (κ3) is 3.43. The van der Waals surface area contributed by atoms with Gasteiger partial charge in [-0.05, 0) is 41.8 Å². The third-order valence-corrected chi connectivity index (χ3v) is 3.81. The lowest BCUT2D eigenvalue weighted by Gasteiger charge is -2.10. The molecule has 0 saturated carbocycles. The summed E-state index contributed by atoms with van der Waals surface area (Å²) in [6.07, 6.45) is 2.15. The number of rotatable bonds is 4. The molecule has 4 heteroatoms. The molecule has 0 aliphatic rings. The number of carbonyl (C=O) groups excluding carboxylic acids is 1. The molecule has 2 aromatic carbocycles. The first-order chi connectivity index (χ1) is 11.5. The van der Waals surface area contributed by atoms with Crippen LogP contribution >= 0.6 is 0 Å². The van der Waals surface area contributed by atoms with Gasteiger partial charge in [-0.3, -0.25) is 4.79 Å². The predicted octanol–water partition coefficient (Wildman–Crippen LogP) is 3.83. The maximum Gasteiger partial charge on any atom is 0.134 e. The lowest BCUT2D eigenvalue weighted by atomic mass is 9.98. The fourth-order valence-electron chi connectivity index (χ4n) is 2.65. The minimum atomic E-state index is 0.132. The number of nitrogens with zero attached hydrogens (tertiary/aromatic N) is 1. The van der Waals surface area contributed by atoms with Crippen molar-refractivity contribution >= 4 is 11.6 Å². The first kappa shape index (κ1) is 15.7. The summed E-state index contributed by atoms with van der Waals surface area (Å²) in [4.78, 5) is 15.6. The molecule has 4 nitrogen and oxygen atoms in total. The van der Waals surface area contributed by atoms with Gasteiger partial charge in [0.1, 0.15) is 17.4 Å². The largest absolute Gasteiger partial charge is 0.508 e. The van der Waals surface area contributed by atoms with E-state index < -0.39 is 0 Å². The van der Waals surface area contributed by atoms with Crippen LogP contribution in [0, 0.1) is 0 Å². The Kier molecular flexibility index (Phi) is 4.29. The first-order valence-corrected chi connectivity index (χ1v) is 7.66. The third-order valence-electron chi connectivity index (χ3n) is 3.81. The molecule has 0 saturated heterocycles. The van der Waals surface area contributed by atoms with Crippen molar-refractivity contribution in [1.82, 2.24) is 4.98 Å². The van der Waals surface area contributed by atoms with Gasteiger partial charge >= 0.3 is 0 Å². The number of benzene rings is 2. The van der Waals surface area contributed by atoms with Crippen LogP contribution in [0.15, 0.2) is 60.8 Å². The number of ketones is 1. The van der Waals surface area contributed by atoms with Gasteiger partial charge in [0, 0.05) is 23.7 Å². The van der Waals surface area contributed by atoms with Crippen molar-refractivity contribution < 1.29 is 9.90 Å². The number of phenolic OH excluding ortho intramolecular Hbond substituents is 1. The minimum Gasteiger partial charge on any atom is -0.508 e. The molecule has 0 atom stereocenters. The Hall–Kier alpha value is -3.14. The van der Waals surface area contributed by atoms with Gasteiger partial charge in [-0.25, -0.2) is 4.98 Å². The molecule has 3 aromatic rings. The average molecular weight is 318 g/mol. The van der Waals surface area contributed by atoms with E-state index in [1.165, 1.54) is 0 Å². The molecule has 24 heavy (non-hydrogen) atoms. The standard InChI is InChI=1S/C20H18N2O2/c1-13(23)9-14-3-2-4-16(10-14)17-11-19(20(21)22-12-17)15-5-7-18(24)8-6-15/h2-8,10-12,24H,9H2,1H3,(H2,21,22). The minimum absolute atomic E-state index is 0.132. The molecule has 0 amide bonds. The van der Waals surface area contributed by atoms with Crippen molar-refractivity contribution in [3.8, 4) is 28.0 Å². The number of carbonyl (C=O) groups is 1. The molecule has 0 radical (unpaired) electrons. The zero-order valence-corrected chi connectivity index (χ0v) is 13.4. The van der Waals surface area contributed by atoms with Gasteiger partial charge in [0.15, 0.2) is 0 Å². The summed E-state index contributed by atoms with van der Waals surface area (Å²) in [7, 11) is 0. The van der Waals surface area contributed by atoms with Crippen LogP contribution in [-0.2, 0) is 11.2 Å². The Labute approximate surface area is 140 Å². The fourth-order valence-corrected chi connectivity index (χ4v) is 2.65. The topological polar surface area (TPSA) is 76.2 Å². The number of aromatic nitrogens is 1. The van der Waals surface area contributed by atoms with Gasteiger partial charge in [-0.15, -0.1) is 0 Å². The number of nitrogen functional groups attached to an aromatic ring is 1. The number of hydrogen-bond acceptors (Lipinski definition) is 4. The van der Waals surface area contributed by atoms with E-state index >= 15 is 0 Å². The van der Waals surface area contributed by atoms with Crippen molar-refractivity contribution in [1.29, 1.82) is 0 Å². The summed E-state index contributed by atoms with van der Waals surface area (Å²) in [5.74, 6) is 0.773. The van der Waals surface area contributed by atoms with E-state index in [1.807, 2.05) is 30.3 Å².